The van der Waals surface area contributed by atoms with E-state index in [1.165, 1.54) is 24.4 Å². The largest absolute Gasteiger partial charge is 0.478 e. The Kier molecular flexibility index (Phi) is 1.89. The average molecular weight is 206 g/mol. The van der Waals surface area contributed by atoms with Gasteiger partial charge in [0.05, 0.1) is 10.5 Å². The molecule has 2 N–H and O–H groups in total. The van der Waals surface area contributed by atoms with Gasteiger partial charge in [-0.15, -0.1) is 0 Å². The maximum Gasteiger partial charge on any atom is 0.337 e. The lowest BCUT2D eigenvalue weighted by atomic mass is 10.1. The number of carboxylic acids is 1. The van der Waals surface area contributed by atoms with Gasteiger partial charge in [-0.3, -0.25) is 10.1 Å². The highest BCUT2D eigenvalue weighted by atomic mass is 16.6. The van der Waals surface area contributed by atoms with Crippen molar-refractivity contribution in [2.45, 2.75) is 0 Å². The van der Waals surface area contributed by atoms with Crippen molar-refractivity contribution in [1.29, 1.82) is 0 Å². The Morgan fingerprint density at radius 2 is 2.20 bits per heavy atom. The number of aromatic carboxylic acids is 1. The van der Waals surface area contributed by atoms with Crippen molar-refractivity contribution in [3.05, 3.63) is 40.1 Å². The Balaban J connectivity index is 2.72. The summed E-state index contributed by atoms with van der Waals surface area (Å²) in [6.45, 7) is 0. The number of fused-ring (bicyclic) bond motifs is 1. The molecule has 6 nitrogen and oxygen atoms in total. The second-order valence-corrected chi connectivity index (χ2v) is 2.99. The molecule has 0 unspecified atom stereocenters. The van der Waals surface area contributed by atoms with Gasteiger partial charge in [0.15, 0.2) is 0 Å². The fourth-order valence-electron chi connectivity index (χ4n) is 1.40. The molecule has 2 aromatic rings. The van der Waals surface area contributed by atoms with Gasteiger partial charge in [-0.05, 0) is 6.07 Å². The Bertz CT molecular complexity index is 558. The van der Waals surface area contributed by atoms with E-state index >= 15 is 0 Å². The predicted octanol–water partition coefficient (Wildman–Crippen LogP) is 1.77. The van der Waals surface area contributed by atoms with Gasteiger partial charge in [0.2, 0.25) is 0 Å². The van der Waals surface area contributed by atoms with Crippen molar-refractivity contribution in [3.63, 3.8) is 0 Å². The number of carbonyl (C=O) groups is 1. The molecule has 6 heteroatoms. The maximum absolute atomic E-state index is 10.8. The first-order valence-electron chi connectivity index (χ1n) is 4.08. The average Bonchev–Trinajstić information content (AvgIpc) is 2.59. The molecule has 0 aliphatic heterocycles. The number of nitro groups is 1. The number of hydrogen-bond donors (Lipinski definition) is 2. The summed E-state index contributed by atoms with van der Waals surface area (Å²) in [7, 11) is 0. The number of non-ortho nitro benzene ring substituents is 1. The van der Waals surface area contributed by atoms with Gasteiger partial charge in [0, 0.05) is 29.2 Å². The van der Waals surface area contributed by atoms with Crippen molar-refractivity contribution in [3.8, 4) is 0 Å². The van der Waals surface area contributed by atoms with Crippen LogP contribution in [0.1, 0.15) is 10.4 Å². The summed E-state index contributed by atoms with van der Waals surface area (Å²) in [6.07, 6.45) is 1.32. The number of nitrogens with one attached hydrogen (secondary N) is 1. The van der Waals surface area contributed by atoms with Gasteiger partial charge in [-0.25, -0.2) is 4.79 Å². The number of rotatable bonds is 2. The summed E-state index contributed by atoms with van der Waals surface area (Å²) in [4.78, 5) is 23.4. The van der Waals surface area contributed by atoms with Crippen LogP contribution in [0.2, 0.25) is 0 Å². The lowest BCUT2D eigenvalue weighted by Gasteiger charge is -1.93. The van der Waals surface area contributed by atoms with Gasteiger partial charge >= 0.3 is 5.97 Å². The van der Waals surface area contributed by atoms with Gasteiger partial charge in [-0.1, -0.05) is 0 Å². The highest BCUT2D eigenvalue weighted by Gasteiger charge is 2.13. The first kappa shape index (κ1) is 9.20. The van der Waals surface area contributed by atoms with Gasteiger partial charge in [0.1, 0.15) is 0 Å². The van der Waals surface area contributed by atoms with Gasteiger partial charge in [0.25, 0.3) is 5.69 Å². The van der Waals surface area contributed by atoms with Crippen LogP contribution in [-0.2, 0) is 0 Å². The zero-order chi connectivity index (χ0) is 11.0. The summed E-state index contributed by atoms with van der Waals surface area (Å²) >= 11 is 0. The zero-order valence-corrected chi connectivity index (χ0v) is 7.43. The molecular formula is C9H6N2O4. The summed E-state index contributed by atoms with van der Waals surface area (Å²) in [5.74, 6) is -1.11. The van der Waals surface area contributed by atoms with Crippen LogP contribution >= 0.6 is 0 Å². The van der Waals surface area contributed by atoms with Crippen LogP contribution in [0.25, 0.3) is 10.9 Å². The first-order valence-corrected chi connectivity index (χ1v) is 4.08. The molecule has 1 aromatic heterocycles. The SMILES string of the molecule is O=C(O)c1c[nH]c2ccc([N+](=O)[O-])cc12. The van der Waals surface area contributed by atoms with Crippen LogP contribution in [0.4, 0.5) is 5.69 Å². The van der Waals surface area contributed by atoms with Crippen LogP contribution in [0.3, 0.4) is 0 Å². The van der Waals surface area contributed by atoms with Crippen molar-refractivity contribution in [2.75, 3.05) is 0 Å². The van der Waals surface area contributed by atoms with E-state index in [4.69, 9.17) is 5.11 Å². The number of nitrogens with zero attached hydrogens (tertiary/aromatic N) is 1. The first-order chi connectivity index (χ1) is 7.09. The molecule has 0 bridgehead atoms. The van der Waals surface area contributed by atoms with Crippen molar-refractivity contribution in [2.24, 2.45) is 0 Å². The van der Waals surface area contributed by atoms with E-state index in [-0.39, 0.29) is 11.3 Å². The molecule has 0 radical (unpaired) electrons. The van der Waals surface area contributed by atoms with E-state index in [9.17, 15) is 14.9 Å². The van der Waals surface area contributed by atoms with E-state index in [2.05, 4.69) is 4.98 Å². The van der Waals surface area contributed by atoms with Gasteiger partial charge in [-0.2, -0.15) is 0 Å². The predicted molar refractivity (Wildman–Crippen MR) is 51.9 cm³/mol. The quantitative estimate of drug-likeness (QED) is 0.578. The third kappa shape index (κ3) is 1.41. The number of aromatic nitrogens is 1. The number of hydrogen-bond acceptors (Lipinski definition) is 3. The van der Waals surface area contributed by atoms with Crippen LogP contribution in [-0.4, -0.2) is 21.0 Å². The highest BCUT2D eigenvalue weighted by Crippen LogP contribution is 2.23. The fourth-order valence-corrected chi connectivity index (χ4v) is 1.40. The Morgan fingerprint density at radius 3 is 2.80 bits per heavy atom. The van der Waals surface area contributed by atoms with Crippen LogP contribution in [0.5, 0.6) is 0 Å². The molecule has 1 aromatic carbocycles. The summed E-state index contributed by atoms with van der Waals surface area (Å²) in [6, 6.07) is 4.06. The van der Waals surface area contributed by atoms with Gasteiger partial charge < -0.3 is 10.1 Å². The molecule has 0 aliphatic carbocycles. The molecule has 0 fully saturated rings. The van der Waals surface area contributed by atoms with Crippen molar-refractivity contribution < 1.29 is 14.8 Å². The second kappa shape index (κ2) is 3.09. The van der Waals surface area contributed by atoms with E-state index in [1.54, 1.807) is 0 Å². The Hall–Kier alpha value is -2.37. The monoisotopic (exact) mass is 206 g/mol. The van der Waals surface area contributed by atoms with Crippen molar-refractivity contribution in [1.82, 2.24) is 4.98 Å². The fraction of sp³-hybridized carbons (Fsp3) is 0. The van der Waals surface area contributed by atoms with E-state index in [0.717, 1.165) is 0 Å². The Morgan fingerprint density at radius 1 is 1.47 bits per heavy atom. The molecule has 0 saturated heterocycles. The molecule has 1 heterocycles. The zero-order valence-electron chi connectivity index (χ0n) is 7.43. The van der Waals surface area contributed by atoms with Crippen LogP contribution < -0.4 is 0 Å². The van der Waals surface area contributed by atoms with E-state index < -0.39 is 10.9 Å². The van der Waals surface area contributed by atoms with Crippen molar-refractivity contribution >= 4 is 22.6 Å². The minimum Gasteiger partial charge on any atom is -0.478 e. The summed E-state index contributed by atoms with van der Waals surface area (Å²) in [5.41, 5.74) is 0.483. The molecule has 15 heavy (non-hydrogen) atoms. The van der Waals surface area contributed by atoms with E-state index in [1.807, 2.05) is 0 Å². The Labute approximate surface area is 83.3 Å². The van der Waals surface area contributed by atoms with E-state index in [0.29, 0.717) is 10.9 Å². The molecule has 76 valence electrons. The third-order valence-corrected chi connectivity index (χ3v) is 2.11. The normalized spacial score (nSPS) is 10.4. The molecule has 0 aliphatic rings. The third-order valence-electron chi connectivity index (χ3n) is 2.11. The van der Waals surface area contributed by atoms with Crippen LogP contribution in [0.15, 0.2) is 24.4 Å². The van der Waals surface area contributed by atoms with Crippen LogP contribution in [0, 0.1) is 10.1 Å². The minimum atomic E-state index is -1.11. The lowest BCUT2D eigenvalue weighted by molar-refractivity contribution is -0.384. The number of H-pyrrole nitrogens is 1. The summed E-state index contributed by atoms with van der Waals surface area (Å²) < 4.78 is 0. The lowest BCUT2D eigenvalue weighted by Crippen LogP contribution is -1.94. The molecule has 0 atom stereocenters. The minimum absolute atomic E-state index is 0.0358. The smallest absolute Gasteiger partial charge is 0.337 e. The second-order valence-electron chi connectivity index (χ2n) is 2.99. The molecule has 0 amide bonds. The number of carboxylic acid groups (broad SMARTS) is 1. The standard InChI is InChI=1S/C9H6N2O4/c12-9(13)7-4-10-8-2-1-5(11(14)15)3-6(7)8/h1-4,10H,(H,12,13). The summed E-state index contributed by atoms with van der Waals surface area (Å²) in [5, 5.41) is 19.7. The number of nitro benzene ring substituents is 1. The molecule has 0 saturated carbocycles. The maximum atomic E-state index is 10.8. The number of aromatic amines is 1. The molecular weight excluding hydrogens is 200 g/mol. The topological polar surface area (TPSA) is 96.2 Å². The molecule has 2 rings (SSSR count). The highest BCUT2D eigenvalue weighted by molar-refractivity contribution is 6.03. The molecule has 0 spiro atoms. The number of benzene rings is 1.